The van der Waals surface area contributed by atoms with Crippen LogP contribution in [0.25, 0.3) is 0 Å². The van der Waals surface area contributed by atoms with E-state index in [1.165, 1.54) is 24.1 Å². The molecule has 40 heavy (non-hydrogen) atoms. The van der Waals surface area contributed by atoms with E-state index in [9.17, 15) is 18.0 Å². The summed E-state index contributed by atoms with van der Waals surface area (Å²) < 4.78 is 34.3. The number of methoxy groups -OCH3 is 1. The van der Waals surface area contributed by atoms with Gasteiger partial charge in [0.1, 0.15) is 18.3 Å². The van der Waals surface area contributed by atoms with Gasteiger partial charge in [0, 0.05) is 17.6 Å². The molecule has 0 unspecified atom stereocenters. The van der Waals surface area contributed by atoms with E-state index in [1.54, 1.807) is 67.6 Å². The number of halogens is 1. The molecule has 1 fully saturated rings. The molecule has 1 aliphatic rings. The van der Waals surface area contributed by atoms with E-state index in [0.717, 1.165) is 35.6 Å². The summed E-state index contributed by atoms with van der Waals surface area (Å²) in [5.74, 6) is -0.528. The van der Waals surface area contributed by atoms with Crippen molar-refractivity contribution in [3.05, 3.63) is 89.4 Å². The number of benzene rings is 3. The highest BCUT2D eigenvalue weighted by molar-refractivity contribution is 7.92. The molecule has 0 heterocycles. The number of nitrogens with one attached hydrogen (secondary N) is 1. The standard InChI is InChI=1S/C30H34ClN3O5S/c1-22(30(36)32-25-13-6-7-14-25)33(20-23-11-10-12-24(31)19-23)29(35)21-34(27-17-8-9-18-28(27)39-2)40(37,38)26-15-4-3-5-16-26/h3-5,8-12,15-19,22,25H,6-7,13-14,20-21H2,1-2H3,(H,32,36)/t22-/m1/s1. The zero-order valence-corrected chi connectivity index (χ0v) is 24.2. The van der Waals surface area contributed by atoms with E-state index >= 15 is 0 Å². The van der Waals surface area contributed by atoms with Gasteiger partial charge in [-0.05, 0) is 61.7 Å². The van der Waals surface area contributed by atoms with Crippen molar-refractivity contribution < 1.29 is 22.7 Å². The van der Waals surface area contributed by atoms with Crippen LogP contribution in [-0.4, -0.2) is 50.9 Å². The Labute approximate surface area is 240 Å². The second-order valence-electron chi connectivity index (χ2n) is 9.81. The van der Waals surface area contributed by atoms with Gasteiger partial charge in [-0.25, -0.2) is 8.42 Å². The van der Waals surface area contributed by atoms with E-state index < -0.39 is 28.5 Å². The third-order valence-electron chi connectivity index (χ3n) is 7.07. The van der Waals surface area contributed by atoms with Crippen molar-refractivity contribution in [2.24, 2.45) is 0 Å². The molecule has 2 amide bonds. The molecule has 3 aromatic rings. The molecule has 0 bridgehead atoms. The van der Waals surface area contributed by atoms with E-state index in [1.807, 2.05) is 6.07 Å². The van der Waals surface area contributed by atoms with Crippen LogP contribution in [0.2, 0.25) is 5.02 Å². The zero-order chi connectivity index (χ0) is 28.7. The lowest BCUT2D eigenvalue weighted by Crippen LogP contribution is -2.52. The van der Waals surface area contributed by atoms with E-state index in [2.05, 4.69) is 5.32 Å². The molecule has 0 saturated heterocycles. The maximum Gasteiger partial charge on any atom is 0.264 e. The van der Waals surface area contributed by atoms with Gasteiger partial charge < -0.3 is 15.0 Å². The summed E-state index contributed by atoms with van der Waals surface area (Å²) in [6, 6.07) is 20.8. The van der Waals surface area contributed by atoms with Crippen LogP contribution in [0.15, 0.2) is 83.8 Å². The van der Waals surface area contributed by atoms with E-state index in [-0.39, 0.29) is 29.1 Å². The van der Waals surface area contributed by atoms with Crippen molar-refractivity contribution in [1.29, 1.82) is 0 Å². The summed E-state index contributed by atoms with van der Waals surface area (Å²) in [6.07, 6.45) is 3.90. The van der Waals surface area contributed by atoms with Gasteiger partial charge in [-0.3, -0.25) is 13.9 Å². The summed E-state index contributed by atoms with van der Waals surface area (Å²) in [5, 5.41) is 3.56. The first-order chi connectivity index (χ1) is 19.2. The van der Waals surface area contributed by atoms with Crippen molar-refractivity contribution in [2.45, 2.75) is 56.1 Å². The summed E-state index contributed by atoms with van der Waals surface area (Å²) >= 11 is 6.20. The molecule has 8 nitrogen and oxygen atoms in total. The third kappa shape index (κ3) is 6.95. The van der Waals surface area contributed by atoms with Crippen molar-refractivity contribution in [3.63, 3.8) is 0 Å². The van der Waals surface area contributed by atoms with Crippen molar-refractivity contribution in [3.8, 4) is 5.75 Å². The van der Waals surface area contributed by atoms with Crippen LogP contribution in [0, 0.1) is 0 Å². The number of hydrogen-bond donors (Lipinski definition) is 1. The van der Waals surface area contributed by atoms with Crippen LogP contribution in [0.4, 0.5) is 5.69 Å². The van der Waals surface area contributed by atoms with Gasteiger partial charge in [-0.2, -0.15) is 0 Å². The highest BCUT2D eigenvalue weighted by atomic mass is 35.5. The van der Waals surface area contributed by atoms with Crippen LogP contribution < -0.4 is 14.4 Å². The molecule has 1 saturated carbocycles. The van der Waals surface area contributed by atoms with E-state index in [4.69, 9.17) is 16.3 Å². The number of carbonyl (C=O) groups is 2. The summed E-state index contributed by atoms with van der Waals surface area (Å²) in [4.78, 5) is 28.8. The number of hydrogen-bond acceptors (Lipinski definition) is 5. The Morgan fingerprint density at radius 1 is 1.00 bits per heavy atom. The molecule has 4 rings (SSSR count). The number of anilines is 1. The van der Waals surface area contributed by atoms with Gasteiger partial charge >= 0.3 is 0 Å². The Bertz CT molecular complexity index is 1430. The fourth-order valence-corrected chi connectivity index (χ4v) is 6.53. The second kappa shape index (κ2) is 13.2. The average molecular weight is 584 g/mol. The second-order valence-corrected chi connectivity index (χ2v) is 12.1. The number of amides is 2. The molecular formula is C30H34ClN3O5S. The van der Waals surface area contributed by atoms with Gasteiger partial charge in [-0.15, -0.1) is 0 Å². The molecular weight excluding hydrogens is 550 g/mol. The highest BCUT2D eigenvalue weighted by Gasteiger charge is 2.34. The molecule has 1 N–H and O–H groups in total. The monoisotopic (exact) mass is 583 g/mol. The molecule has 0 aliphatic heterocycles. The topological polar surface area (TPSA) is 96.0 Å². The van der Waals surface area contributed by atoms with Crippen molar-refractivity contribution in [1.82, 2.24) is 10.2 Å². The zero-order valence-electron chi connectivity index (χ0n) is 22.6. The van der Waals surface area contributed by atoms with Gasteiger partial charge in [0.05, 0.1) is 17.7 Å². The molecule has 0 radical (unpaired) electrons. The lowest BCUT2D eigenvalue weighted by molar-refractivity contribution is -0.139. The lowest BCUT2D eigenvalue weighted by atomic mass is 10.1. The highest BCUT2D eigenvalue weighted by Crippen LogP contribution is 2.32. The smallest absolute Gasteiger partial charge is 0.264 e. The van der Waals surface area contributed by atoms with Crippen LogP contribution in [0.3, 0.4) is 0 Å². The first-order valence-electron chi connectivity index (χ1n) is 13.3. The van der Waals surface area contributed by atoms with Gasteiger partial charge in [0.2, 0.25) is 11.8 Å². The fraction of sp³-hybridized carbons (Fsp3) is 0.333. The van der Waals surface area contributed by atoms with Crippen molar-refractivity contribution in [2.75, 3.05) is 18.0 Å². The number of ether oxygens (including phenoxy) is 1. The molecule has 3 aromatic carbocycles. The molecule has 1 atom stereocenters. The molecule has 212 valence electrons. The SMILES string of the molecule is COc1ccccc1N(CC(=O)N(Cc1cccc(Cl)c1)[C@H](C)C(=O)NC1CCCC1)S(=O)(=O)c1ccccc1. The Balaban J connectivity index is 1.70. The first kappa shape index (κ1) is 29.4. The first-order valence-corrected chi connectivity index (χ1v) is 15.1. The Hall–Kier alpha value is -3.56. The van der Waals surface area contributed by atoms with Crippen LogP contribution in [0.1, 0.15) is 38.2 Å². The minimum atomic E-state index is -4.18. The van der Waals surface area contributed by atoms with E-state index in [0.29, 0.717) is 10.8 Å². The Morgan fingerprint density at radius 3 is 2.35 bits per heavy atom. The van der Waals surface area contributed by atoms with Crippen LogP contribution in [0.5, 0.6) is 5.75 Å². The molecule has 0 spiro atoms. The Morgan fingerprint density at radius 2 is 1.68 bits per heavy atom. The summed E-state index contributed by atoms with van der Waals surface area (Å²) in [6.45, 7) is 1.19. The number of nitrogens with zero attached hydrogens (tertiary/aromatic N) is 2. The van der Waals surface area contributed by atoms with Gasteiger partial charge in [0.15, 0.2) is 0 Å². The minimum absolute atomic E-state index is 0.0297. The molecule has 0 aromatic heterocycles. The predicted octanol–water partition coefficient (Wildman–Crippen LogP) is 5.02. The number of sulfonamides is 1. The molecule has 1 aliphatic carbocycles. The number of rotatable bonds is 11. The predicted molar refractivity (Wildman–Crippen MR) is 156 cm³/mol. The average Bonchev–Trinajstić information content (AvgIpc) is 3.47. The van der Waals surface area contributed by atoms with Gasteiger partial charge in [-0.1, -0.05) is 66.9 Å². The van der Waals surface area contributed by atoms with Crippen LogP contribution >= 0.6 is 11.6 Å². The normalized spacial score (nSPS) is 14.4. The summed E-state index contributed by atoms with van der Waals surface area (Å²) in [7, 11) is -2.74. The minimum Gasteiger partial charge on any atom is -0.495 e. The number of para-hydroxylation sites is 2. The van der Waals surface area contributed by atoms with Crippen LogP contribution in [-0.2, 0) is 26.2 Å². The maximum absolute atomic E-state index is 14.0. The largest absolute Gasteiger partial charge is 0.495 e. The summed E-state index contributed by atoms with van der Waals surface area (Å²) in [5.41, 5.74) is 0.934. The fourth-order valence-electron chi connectivity index (χ4n) is 4.88. The maximum atomic E-state index is 14.0. The molecule has 10 heteroatoms. The Kier molecular flexibility index (Phi) is 9.71. The quantitative estimate of drug-likeness (QED) is 0.342. The third-order valence-corrected chi connectivity index (χ3v) is 9.08. The van der Waals surface area contributed by atoms with Gasteiger partial charge in [0.25, 0.3) is 10.0 Å². The lowest BCUT2D eigenvalue weighted by Gasteiger charge is -2.32. The number of carbonyl (C=O) groups excluding carboxylic acids is 2. The van der Waals surface area contributed by atoms with Crippen molar-refractivity contribution >= 4 is 39.1 Å².